The van der Waals surface area contributed by atoms with Crippen LogP contribution in [0.15, 0.2) is 12.1 Å². The molecular formula is C15H23NO2Y. The van der Waals surface area contributed by atoms with Crippen molar-refractivity contribution in [2.75, 3.05) is 12.4 Å². The first-order valence-corrected chi connectivity index (χ1v) is 6.45. The molecule has 19 heavy (non-hydrogen) atoms. The molecular weight excluding hydrogens is 315 g/mol. The first-order valence-electron chi connectivity index (χ1n) is 6.45. The molecule has 1 aromatic rings. The fourth-order valence-corrected chi connectivity index (χ4v) is 2.05. The number of amides is 1. The summed E-state index contributed by atoms with van der Waals surface area (Å²) in [6.45, 7) is 8.02. The minimum absolute atomic E-state index is 0. The first kappa shape index (κ1) is 18.6. The molecule has 4 heteroatoms. The molecule has 0 fully saturated rings. The van der Waals surface area contributed by atoms with Crippen LogP contribution in [0, 0.1) is 19.8 Å². The summed E-state index contributed by atoms with van der Waals surface area (Å²) in [4.78, 5) is 12.0. The molecule has 0 spiro atoms. The van der Waals surface area contributed by atoms with Crippen LogP contribution in [0.5, 0.6) is 5.75 Å². The van der Waals surface area contributed by atoms with E-state index >= 15 is 0 Å². The maximum atomic E-state index is 12.0. The third-order valence-electron chi connectivity index (χ3n) is 3.16. The Morgan fingerprint density at radius 1 is 1.32 bits per heavy atom. The van der Waals surface area contributed by atoms with E-state index in [0.29, 0.717) is 0 Å². The van der Waals surface area contributed by atoms with Crippen molar-refractivity contribution in [3.05, 3.63) is 23.3 Å². The molecule has 1 rings (SSSR count). The second kappa shape index (κ2) is 8.70. The van der Waals surface area contributed by atoms with E-state index in [2.05, 4.69) is 12.2 Å². The van der Waals surface area contributed by atoms with Crippen LogP contribution in [0.1, 0.15) is 37.8 Å². The Morgan fingerprint density at radius 3 is 2.26 bits per heavy atom. The molecule has 0 heterocycles. The van der Waals surface area contributed by atoms with Crippen molar-refractivity contribution in [1.29, 1.82) is 0 Å². The SMILES string of the molecule is CCCC(C)C(=O)Nc1c(C)cc(OC)cc1C.[Y]. The van der Waals surface area contributed by atoms with E-state index < -0.39 is 0 Å². The van der Waals surface area contributed by atoms with E-state index in [1.165, 1.54) is 0 Å². The molecule has 0 aliphatic heterocycles. The van der Waals surface area contributed by atoms with Gasteiger partial charge in [-0.25, -0.2) is 0 Å². The summed E-state index contributed by atoms with van der Waals surface area (Å²) in [5.41, 5.74) is 2.97. The maximum absolute atomic E-state index is 12.0. The predicted molar refractivity (Wildman–Crippen MR) is 75.2 cm³/mol. The average Bonchev–Trinajstić information content (AvgIpc) is 2.33. The number of anilines is 1. The van der Waals surface area contributed by atoms with E-state index in [1.807, 2.05) is 32.9 Å². The summed E-state index contributed by atoms with van der Waals surface area (Å²) < 4.78 is 5.21. The third-order valence-corrected chi connectivity index (χ3v) is 3.16. The fourth-order valence-electron chi connectivity index (χ4n) is 2.05. The zero-order chi connectivity index (χ0) is 13.7. The zero-order valence-electron chi connectivity index (χ0n) is 12.5. The standard InChI is InChI=1S/C15H23NO2.Y/c1-6-7-10(2)15(17)16-14-11(3)8-13(18-5)9-12(14)4;/h8-10H,6-7H2,1-5H3,(H,16,17);. The molecule has 1 N–H and O–H groups in total. The molecule has 0 saturated heterocycles. The van der Waals surface area contributed by atoms with Crippen molar-refractivity contribution in [1.82, 2.24) is 0 Å². The monoisotopic (exact) mass is 338 g/mol. The molecule has 0 aliphatic rings. The quantitative estimate of drug-likeness (QED) is 0.889. The third kappa shape index (κ3) is 5.23. The maximum Gasteiger partial charge on any atom is 0.227 e. The Labute approximate surface area is 141 Å². The van der Waals surface area contributed by atoms with E-state index in [1.54, 1.807) is 7.11 Å². The molecule has 103 valence electrons. The number of ether oxygens (including phenoxy) is 1. The minimum Gasteiger partial charge on any atom is -0.497 e. The van der Waals surface area contributed by atoms with Gasteiger partial charge in [0.05, 0.1) is 7.11 Å². The summed E-state index contributed by atoms with van der Waals surface area (Å²) in [6.07, 6.45) is 1.94. The summed E-state index contributed by atoms with van der Waals surface area (Å²) in [6, 6.07) is 3.88. The van der Waals surface area contributed by atoms with Crippen LogP contribution >= 0.6 is 0 Å². The molecule has 1 atom stereocenters. The Bertz CT molecular complexity index is 409. The van der Waals surface area contributed by atoms with Crippen LogP contribution in [0.3, 0.4) is 0 Å². The number of methoxy groups -OCH3 is 1. The van der Waals surface area contributed by atoms with Crippen molar-refractivity contribution >= 4 is 11.6 Å². The van der Waals surface area contributed by atoms with Gasteiger partial charge in [-0.2, -0.15) is 0 Å². The summed E-state index contributed by atoms with van der Waals surface area (Å²) in [7, 11) is 1.65. The first-order chi connectivity index (χ1) is 8.49. The number of carbonyl (C=O) groups excluding carboxylic acids is 1. The molecule has 1 aromatic carbocycles. The van der Waals surface area contributed by atoms with Gasteiger partial charge in [-0.1, -0.05) is 20.3 Å². The Hall–Kier alpha value is -0.406. The molecule has 0 saturated carbocycles. The van der Waals surface area contributed by atoms with Gasteiger partial charge in [0.1, 0.15) is 5.75 Å². The van der Waals surface area contributed by atoms with E-state index in [-0.39, 0.29) is 44.5 Å². The van der Waals surface area contributed by atoms with Crippen molar-refractivity contribution in [3.8, 4) is 5.75 Å². The zero-order valence-corrected chi connectivity index (χ0v) is 15.4. The number of carbonyl (C=O) groups is 1. The van der Waals surface area contributed by atoms with Crippen LogP contribution in [0.2, 0.25) is 0 Å². The predicted octanol–water partition coefficient (Wildman–Crippen LogP) is 3.68. The van der Waals surface area contributed by atoms with Crippen molar-refractivity contribution in [2.24, 2.45) is 5.92 Å². The number of aryl methyl sites for hydroxylation is 2. The van der Waals surface area contributed by atoms with Gasteiger partial charge in [0.25, 0.3) is 0 Å². The van der Waals surface area contributed by atoms with Crippen molar-refractivity contribution in [3.63, 3.8) is 0 Å². The van der Waals surface area contributed by atoms with Gasteiger partial charge in [0.15, 0.2) is 0 Å². The molecule has 0 bridgehead atoms. The van der Waals surface area contributed by atoms with E-state index in [0.717, 1.165) is 35.4 Å². The second-order valence-corrected chi connectivity index (χ2v) is 4.82. The Morgan fingerprint density at radius 2 is 1.84 bits per heavy atom. The minimum atomic E-state index is 0. The van der Waals surface area contributed by atoms with Crippen LogP contribution in [-0.4, -0.2) is 13.0 Å². The van der Waals surface area contributed by atoms with Crippen molar-refractivity contribution < 1.29 is 42.2 Å². The Balaban J connectivity index is 0.00000324. The van der Waals surface area contributed by atoms with Crippen LogP contribution in [-0.2, 0) is 37.5 Å². The Kier molecular flexibility index (Phi) is 8.52. The molecule has 1 amide bonds. The fraction of sp³-hybridized carbons (Fsp3) is 0.533. The smallest absolute Gasteiger partial charge is 0.227 e. The summed E-state index contributed by atoms with van der Waals surface area (Å²) >= 11 is 0. The number of hydrogen-bond acceptors (Lipinski definition) is 2. The average molecular weight is 338 g/mol. The van der Waals surface area contributed by atoms with Gasteiger partial charge < -0.3 is 10.1 Å². The van der Waals surface area contributed by atoms with Gasteiger partial charge in [-0.05, 0) is 43.5 Å². The summed E-state index contributed by atoms with van der Waals surface area (Å²) in [5, 5.41) is 3.02. The van der Waals surface area contributed by atoms with Crippen LogP contribution in [0.4, 0.5) is 5.69 Å². The van der Waals surface area contributed by atoms with Gasteiger partial charge in [-0.3, -0.25) is 4.79 Å². The van der Waals surface area contributed by atoms with Gasteiger partial charge in [-0.15, -0.1) is 0 Å². The van der Waals surface area contributed by atoms with E-state index in [4.69, 9.17) is 4.74 Å². The molecule has 1 radical (unpaired) electrons. The summed E-state index contributed by atoms with van der Waals surface area (Å²) in [5.74, 6) is 0.966. The number of hydrogen-bond donors (Lipinski definition) is 1. The van der Waals surface area contributed by atoms with Crippen molar-refractivity contribution in [2.45, 2.75) is 40.5 Å². The largest absolute Gasteiger partial charge is 0.497 e. The van der Waals surface area contributed by atoms with Gasteiger partial charge in [0, 0.05) is 44.3 Å². The molecule has 3 nitrogen and oxygen atoms in total. The molecule has 1 unspecified atom stereocenters. The topological polar surface area (TPSA) is 38.3 Å². The molecule has 0 aliphatic carbocycles. The number of benzene rings is 1. The van der Waals surface area contributed by atoms with Crippen LogP contribution in [0.25, 0.3) is 0 Å². The second-order valence-electron chi connectivity index (χ2n) is 4.82. The molecule has 0 aromatic heterocycles. The van der Waals surface area contributed by atoms with Gasteiger partial charge in [0.2, 0.25) is 5.91 Å². The normalized spacial score (nSPS) is 11.4. The van der Waals surface area contributed by atoms with Gasteiger partial charge >= 0.3 is 0 Å². The van der Waals surface area contributed by atoms with E-state index in [9.17, 15) is 4.79 Å². The number of nitrogens with one attached hydrogen (secondary N) is 1. The van der Waals surface area contributed by atoms with Crippen LogP contribution < -0.4 is 10.1 Å². The number of rotatable bonds is 5.